The van der Waals surface area contributed by atoms with Gasteiger partial charge < -0.3 is 15.0 Å². The predicted molar refractivity (Wildman–Crippen MR) is 89.4 cm³/mol. The number of nitrogens with zero attached hydrogens (tertiary/aromatic N) is 1. The molecule has 0 bridgehead atoms. The molecule has 2 aromatic rings. The number of hydrogen-bond donors (Lipinski definition) is 1. The zero-order valence-corrected chi connectivity index (χ0v) is 13.1. The Morgan fingerprint density at radius 2 is 1.73 bits per heavy atom. The fourth-order valence-electron chi connectivity index (χ4n) is 2.02. The number of carbonyl (C=O) groups is 1. The molecular weight excluding hydrogens is 276 g/mol. The smallest absolute Gasteiger partial charge is 0.257 e. The molecule has 2 rings (SSSR count). The Bertz CT molecular complexity index is 580. The van der Waals surface area contributed by atoms with E-state index in [9.17, 15) is 4.79 Å². The van der Waals surface area contributed by atoms with E-state index < -0.39 is 0 Å². The standard InChI is InChI=1S/C18H22N2O2/c1-20(2)16-10-8-15(9-11-16)12-13-19-18(21)14-22-17-6-4-3-5-7-17/h3-11H,12-14H2,1-2H3,(H,19,21). The fraction of sp³-hybridized carbons (Fsp3) is 0.278. The van der Waals surface area contributed by atoms with Gasteiger partial charge in [0.2, 0.25) is 0 Å². The van der Waals surface area contributed by atoms with E-state index in [1.54, 1.807) is 0 Å². The summed E-state index contributed by atoms with van der Waals surface area (Å²) >= 11 is 0. The number of benzene rings is 2. The Morgan fingerprint density at radius 1 is 1.05 bits per heavy atom. The van der Waals surface area contributed by atoms with Crippen LogP contribution in [0.3, 0.4) is 0 Å². The van der Waals surface area contributed by atoms with E-state index in [-0.39, 0.29) is 12.5 Å². The highest BCUT2D eigenvalue weighted by atomic mass is 16.5. The molecule has 4 nitrogen and oxygen atoms in total. The number of hydrogen-bond acceptors (Lipinski definition) is 3. The summed E-state index contributed by atoms with van der Waals surface area (Å²) < 4.78 is 5.40. The summed E-state index contributed by atoms with van der Waals surface area (Å²) in [5.41, 5.74) is 2.37. The second kappa shape index (κ2) is 8.08. The summed E-state index contributed by atoms with van der Waals surface area (Å²) in [4.78, 5) is 13.8. The zero-order chi connectivity index (χ0) is 15.8. The van der Waals surface area contributed by atoms with Gasteiger partial charge in [-0.15, -0.1) is 0 Å². The first-order valence-electron chi connectivity index (χ1n) is 7.36. The Morgan fingerprint density at radius 3 is 2.36 bits per heavy atom. The van der Waals surface area contributed by atoms with Crippen LogP contribution >= 0.6 is 0 Å². The molecule has 2 aromatic carbocycles. The van der Waals surface area contributed by atoms with Crippen molar-refractivity contribution < 1.29 is 9.53 Å². The maximum absolute atomic E-state index is 11.7. The third-order valence-electron chi connectivity index (χ3n) is 3.30. The van der Waals surface area contributed by atoms with Gasteiger partial charge in [-0.1, -0.05) is 30.3 Å². The first kappa shape index (κ1) is 15.9. The molecular formula is C18H22N2O2. The fourth-order valence-corrected chi connectivity index (χ4v) is 2.02. The van der Waals surface area contributed by atoms with Crippen molar-refractivity contribution in [3.8, 4) is 5.75 Å². The van der Waals surface area contributed by atoms with Gasteiger partial charge in [-0.25, -0.2) is 0 Å². The highest BCUT2D eigenvalue weighted by molar-refractivity contribution is 5.77. The highest BCUT2D eigenvalue weighted by Crippen LogP contribution is 2.12. The summed E-state index contributed by atoms with van der Waals surface area (Å²) in [7, 11) is 4.03. The van der Waals surface area contributed by atoms with Crippen molar-refractivity contribution in [3.05, 3.63) is 60.2 Å². The van der Waals surface area contributed by atoms with Crippen molar-refractivity contribution in [1.82, 2.24) is 5.32 Å². The van der Waals surface area contributed by atoms with E-state index in [4.69, 9.17) is 4.74 Å². The monoisotopic (exact) mass is 298 g/mol. The second-order valence-corrected chi connectivity index (χ2v) is 5.26. The molecule has 0 aliphatic heterocycles. The van der Waals surface area contributed by atoms with Gasteiger partial charge in [0.1, 0.15) is 5.75 Å². The van der Waals surface area contributed by atoms with Crippen LogP contribution in [0.25, 0.3) is 0 Å². The lowest BCUT2D eigenvalue weighted by Gasteiger charge is -2.12. The molecule has 0 saturated carbocycles. The van der Waals surface area contributed by atoms with Crippen LogP contribution in [0.2, 0.25) is 0 Å². The summed E-state index contributed by atoms with van der Waals surface area (Å²) in [6, 6.07) is 17.7. The van der Waals surface area contributed by atoms with Gasteiger partial charge in [-0.2, -0.15) is 0 Å². The van der Waals surface area contributed by atoms with E-state index in [1.165, 1.54) is 11.3 Å². The van der Waals surface area contributed by atoms with Crippen molar-refractivity contribution in [2.24, 2.45) is 0 Å². The molecule has 0 radical (unpaired) electrons. The van der Waals surface area contributed by atoms with Crippen LogP contribution in [-0.2, 0) is 11.2 Å². The van der Waals surface area contributed by atoms with E-state index in [0.717, 1.165) is 6.42 Å². The molecule has 0 fully saturated rings. The number of anilines is 1. The predicted octanol–water partition coefficient (Wildman–Crippen LogP) is 2.49. The molecule has 0 atom stereocenters. The van der Waals surface area contributed by atoms with Gasteiger partial charge in [-0.3, -0.25) is 4.79 Å². The molecule has 116 valence electrons. The minimum Gasteiger partial charge on any atom is -0.484 e. The number of rotatable bonds is 7. The van der Waals surface area contributed by atoms with Crippen molar-refractivity contribution in [2.45, 2.75) is 6.42 Å². The number of ether oxygens (including phenoxy) is 1. The Balaban J connectivity index is 1.68. The largest absolute Gasteiger partial charge is 0.484 e. The molecule has 0 heterocycles. The topological polar surface area (TPSA) is 41.6 Å². The second-order valence-electron chi connectivity index (χ2n) is 5.26. The van der Waals surface area contributed by atoms with E-state index in [0.29, 0.717) is 12.3 Å². The first-order valence-corrected chi connectivity index (χ1v) is 7.36. The highest BCUT2D eigenvalue weighted by Gasteiger charge is 2.02. The Kier molecular flexibility index (Phi) is 5.83. The van der Waals surface area contributed by atoms with Crippen molar-refractivity contribution in [3.63, 3.8) is 0 Å². The molecule has 0 aliphatic carbocycles. The maximum Gasteiger partial charge on any atom is 0.257 e. The quantitative estimate of drug-likeness (QED) is 0.854. The third kappa shape index (κ3) is 5.13. The third-order valence-corrected chi connectivity index (χ3v) is 3.30. The van der Waals surface area contributed by atoms with E-state index in [2.05, 4.69) is 34.5 Å². The Labute approximate surface area is 131 Å². The summed E-state index contributed by atoms with van der Waals surface area (Å²) in [6.07, 6.45) is 0.810. The maximum atomic E-state index is 11.7. The number of amides is 1. The lowest BCUT2D eigenvalue weighted by Crippen LogP contribution is -2.30. The lowest BCUT2D eigenvalue weighted by molar-refractivity contribution is -0.123. The summed E-state index contributed by atoms with van der Waals surface area (Å²) in [5.74, 6) is 0.602. The number of nitrogens with one attached hydrogen (secondary N) is 1. The van der Waals surface area contributed by atoms with E-state index >= 15 is 0 Å². The average molecular weight is 298 g/mol. The molecule has 22 heavy (non-hydrogen) atoms. The zero-order valence-electron chi connectivity index (χ0n) is 13.1. The van der Waals surface area contributed by atoms with Gasteiger partial charge >= 0.3 is 0 Å². The van der Waals surface area contributed by atoms with Crippen LogP contribution in [-0.4, -0.2) is 33.2 Å². The Hall–Kier alpha value is -2.49. The van der Waals surface area contributed by atoms with Crippen molar-refractivity contribution >= 4 is 11.6 Å². The SMILES string of the molecule is CN(C)c1ccc(CCNC(=O)COc2ccccc2)cc1. The molecule has 0 aliphatic rings. The van der Waals surface area contributed by atoms with Crippen LogP contribution in [0.5, 0.6) is 5.75 Å². The average Bonchev–Trinajstić information content (AvgIpc) is 2.54. The number of para-hydroxylation sites is 1. The van der Waals surface area contributed by atoms with Gasteiger partial charge in [0.25, 0.3) is 5.91 Å². The van der Waals surface area contributed by atoms with Gasteiger partial charge in [0.15, 0.2) is 6.61 Å². The molecule has 0 aromatic heterocycles. The van der Waals surface area contributed by atoms with Gasteiger partial charge in [-0.05, 0) is 36.2 Å². The van der Waals surface area contributed by atoms with Crippen LogP contribution in [0.1, 0.15) is 5.56 Å². The molecule has 1 amide bonds. The molecule has 4 heteroatoms. The van der Waals surface area contributed by atoms with Crippen molar-refractivity contribution in [2.75, 3.05) is 32.1 Å². The van der Waals surface area contributed by atoms with Gasteiger partial charge in [0.05, 0.1) is 0 Å². The molecule has 0 saturated heterocycles. The molecule has 0 unspecified atom stereocenters. The van der Waals surface area contributed by atoms with E-state index in [1.807, 2.05) is 44.4 Å². The van der Waals surface area contributed by atoms with Crippen molar-refractivity contribution in [1.29, 1.82) is 0 Å². The lowest BCUT2D eigenvalue weighted by atomic mass is 10.1. The first-order chi connectivity index (χ1) is 10.6. The minimum absolute atomic E-state index is 0.0452. The van der Waals surface area contributed by atoms with Crippen LogP contribution in [0.15, 0.2) is 54.6 Å². The minimum atomic E-state index is -0.103. The van der Waals surface area contributed by atoms with Gasteiger partial charge in [0, 0.05) is 26.3 Å². The van der Waals surface area contributed by atoms with Crippen LogP contribution in [0.4, 0.5) is 5.69 Å². The summed E-state index contributed by atoms with van der Waals surface area (Å²) in [6.45, 7) is 0.655. The molecule has 0 spiro atoms. The van der Waals surface area contributed by atoms with Crippen LogP contribution < -0.4 is 15.0 Å². The summed E-state index contributed by atoms with van der Waals surface area (Å²) in [5, 5.41) is 2.86. The number of carbonyl (C=O) groups excluding carboxylic acids is 1. The van der Waals surface area contributed by atoms with Crippen LogP contribution in [0, 0.1) is 0 Å². The molecule has 1 N–H and O–H groups in total. The normalized spacial score (nSPS) is 10.1.